The highest BCUT2D eigenvalue weighted by atomic mass is 19.4. The number of pyridine rings is 1. The molecule has 140 valence electrons. The normalized spacial score (nSPS) is 15.5. The molecule has 26 heavy (non-hydrogen) atoms. The SMILES string of the molecule is Cn1c(=O)n(CC(=O)N2CCOCC2)c(=O)c2ccc(C(F)(F)F)nc21. The van der Waals surface area contributed by atoms with Crippen LogP contribution in [0, 0.1) is 0 Å². The van der Waals surface area contributed by atoms with E-state index < -0.39 is 35.6 Å². The first-order chi connectivity index (χ1) is 12.2. The summed E-state index contributed by atoms with van der Waals surface area (Å²) in [5.41, 5.74) is -3.35. The minimum Gasteiger partial charge on any atom is -0.378 e. The van der Waals surface area contributed by atoms with Crippen LogP contribution in [0.4, 0.5) is 13.2 Å². The van der Waals surface area contributed by atoms with Crippen molar-refractivity contribution in [2.75, 3.05) is 26.3 Å². The van der Waals surface area contributed by atoms with Crippen LogP contribution in [0.15, 0.2) is 21.7 Å². The van der Waals surface area contributed by atoms with E-state index in [2.05, 4.69) is 4.98 Å². The summed E-state index contributed by atoms with van der Waals surface area (Å²) < 4.78 is 45.1. The molecule has 11 heteroatoms. The van der Waals surface area contributed by atoms with E-state index in [0.717, 1.165) is 10.6 Å². The summed E-state index contributed by atoms with van der Waals surface area (Å²) in [6.07, 6.45) is -4.70. The van der Waals surface area contributed by atoms with Crippen molar-refractivity contribution >= 4 is 16.9 Å². The minimum absolute atomic E-state index is 0.171. The third-order valence-electron chi connectivity index (χ3n) is 4.13. The van der Waals surface area contributed by atoms with Gasteiger partial charge in [-0.2, -0.15) is 13.2 Å². The van der Waals surface area contributed by atoms with Crippen LogP contribution in [0.25, 0.3) is 11.0 Å². The number of carbonyl (C=O) groups is 1. The van der Waals surface area contributed by atoms with E-state index in [9.17, 15) is 27.6 Å². The van der Waals surface area contributed by atoms with Crippen LogP contribution >= 0.6 is 0 Å². The van der Waals surface area contributed by atoms with E-state index in [-0.39, 0.29) is 11.0 Å². The van der Waals surface area contributed by atoms with Gasteiger partial charge in [0.25, 0.3) is 5.56 Å². The topological polar surface area (TPSA) is 86.4 Å². The molecule has 1 aliphatic rings. The van der Waals surface area contributed by atoms with E-state index in [1.165, 1.54) is 11.9 Å². The highest BCUT2D eigenvalue weighted by molar-refractivity contribution is 5.77. The number of halogens is 3. The number of nitrogens with zero attached hydrogens (tertiary/aromatic N) is 4. The second kappa shape index (κ2) is 6.56. The van der Waals surface area contributed by atoms with Crippen LogP contribution in [0.2, 0.25) is 0 Å². The number of ether oxygens (including phenoxy) is 1. The summed E-state index contributed by atoms with van der Waals surface area (Å²) in [5, 5.41) is -0.171. The second-order valence-corrected chi connectivity index (χ2v) is 5.79. The highest BCUT2D eigenvalue weighted by Crippen LogP contribution is 2.28. The molecule has 1 fully saturated rings. The van der Waals surface area contributed by atoms with Gasteiger partial charge in [0.2, 0.25) is 5.91 Å². The van der Waals surface area contributed by atoms with E-state index in [1.54, 1.807) is 0 Å². The van der Waals surface area contributed by atoms with Crippen molar-refractivity contribution in [1.29, 1.82) is 0 Å². The zero-order valence-electron chi connectivity index (χ0n) is 13.7. The van der Waals surface area contributed by atoms with Gasteiger partial charge in [-0.1, -0.05) is 0 Å². The lowest BCUT2D eigenvalue weighted by molar-refractivity contribution is -0.141. The van der Waals surface area contributed by atoms with Crippen LogP contribution in [-0.2, 0) is 29.3 Å². The van der Waals surface area contributed by atoms with Crippen molar-refractivity contribution in [2.45, 2.75) is 12.7 Å². The number of alkyl halides is 3. The van der Waals surface area contributed by atoms with Gasteiger partial charge < -0.3 is 9.64 Å². The van der Waals surface area contributed by atoms with Gasteiger partial charge in [0, 0.05) is 20.1 Å². The van der Waals surface area contributed by atoms with E-state index in [0.29, 0.717) is 36.9 Å². The summed E-state index contributed by atoms with van der Waals surface area (Å²) in [4.78, 5) is 42.1. The summed E-state index contributed by atoms with van der Waals surface area (Å²) in [7, 11) is 1.20. The first-order valence-corrected chi connectivity index (χ1v) is 7.73. The molecule has 2 aromatic heterocycles. The fourth-order valence-electron chi connectivity index (χ4n) is 2.72. The third kappa shape index (κ3) is 3.21. The molecule has 0 bridgehead atoms. The standard InChI is InChI=1S/C15H15F3N4O4/c1-20-12-9(2-3-10(19-12)15(16,17)18)13(24)22(14(20)25)8-11(23)21-4-6-26-7-5-21/h2-3H,4-8H2,1H3. The minimum atomic E-state index is -4.70. The Kier molecular flexibility index (Phi) is 4.57. The maximum absolute atomic E-state index is 12.8. The smallest absolute Gasteiger partial charge is 0.378 e. The zero-order valence-corrected chi connectivity index (χ0v) is 13.7. The van der Waals surface area contributed by atoms with E-state index in [4.69, 9.17) is 4.74 Å². The average Bonchev–Trinajstić information content (AvgIpc) is 2.62. The van der Waals surface area contributed by atoms with Gasteiger partial charge in [0.15, 0.2) is 0 Å². The molecule has 1 aliphatic heterocycles. The molecule has 0 unspecified atom stereocenters. The molecule has 0 radical (unpaired) electrons. The molecule has 0 spiro atoms. The molecule has 0 N–H and O–H groups in total. The molecular weight excluding hydrogens is 357 g/mol. The number of aryl methyl sites for hydroxylation is 1. The number of hydrogen-bond donors (Lipinski definition) is 0. The lowest BCUT2D eigenvalue weighted by Gasteiger charge is -2.27. The summed E-state index contributed by atoms with van der Waals surface area (Å²) >= 11 is 0. The molecule has 8 nitrogen and oxygen atoms in total. The van der Waals surface area contributed by atoms with Crippen LogP contribution in [0.3, 0.4) is 0 Å². The van der Waals surface area contributed by atoms with Crippen molar-refractivity contribution < 1.29 is 22.7 Å². The van der Waals surface area contributed by atoms with Crippen molar-refractivity contribution in [3.05, 3.63) is 38.7 Å². The molecule has 2 aromatic rings. The van der Waals surface area contributed by atoms with Gasteiger partial charge in [0.05, 0.1) is 18.6 Å². The number of hydrogen-bond acceptors (Lipinski definition) is 5. The highest BCUT2D eigenvalue weighted by Gasteiger charge is 2.33. The Morgan fingerprint density at radius 3 is 2.50 bits per heavy atom. The fraction of sp³-hybridized carbons (Fsp3) is 0.467. The lowest BCUT2D eigenvalue weighted by Crippen LogP contribution is -2.47. The van der Waals surface area contributed by atoms with Gasteiger partial charge in [-0.05, 0) is 12.1 Å². The van der Waals surface area contributed by atoms with Gasteiger partial charge in [-0.15, -0.1) is 0 Å². The number of fused-ring (bicyclic) bond motifs is 1. The van der Waals surface area contributed by atoms with Crippen molar-refractivity contribution in [1.82, 2.24) is 19.0 Å². The lowest BCUT2D eigenvalue weighted by atomic mass is 10.2. The Morgan fingerprint density at radius 2 is 1.88 bits per heavy atom. The first kappa shape index (κ1) is 18.1. The van der Waals surface area contributed by atoms with Gasteiger partial charge in [-0.3, -0.25) is 18.7 Å². The van der Waals surface area contributed by atoms with Gasteiger partial charge in [-0.25, -0.2) is 9.78 Å². The predicted molar refractivity (Wildman–Crippen MR) is 83.6 cm³/mol. The van der Waals surface area contributed by atoms with Crippen molar-refractivity contribution in [3.8, 4) is 0 Å². The van der Waals surface area contributed by atoms with Crippen LogP contribution in [-0.4, -0.2) is 51.2 Å². The Bertz CT molecular complexity index is 974. The average molecular weight is 372 g/mol. The maximum atomic E-state index is 12.8. The molecule has 1 saturated heterocycles. The Hall–Kier alpha value is -2.69. The molecule has 0 saturated carbocycles. The monoisotopic (exact) mass is 372 g/mol. The summed E-state index contributed by atoms with van der Waals surface area (Å²) in [6.45, 7) is 0.916. The van der Waals surface area contributed by atoms with E-state index in [1.807, 2.05) is 0 Å². The number of aromatic nitrogens is 3. The molecule has 3 rings (SSSR count). The molecular formula is C15H15F3N4O4. The molecule has 3 heterocycles. The second-order valence-electron chi connectivity index (χ2n) is 5.79. The van der Waals surface area contributed by atoms with Crippen LogP contribution < -0.4 is 11.2 Å². The Morgan fingerprint density at radius 1 is 1.23 bits per heavy atom. The predicted octanol–water partition coefficient (Wildman–Crippen LogP) is -0.0272. The third-order valence-corrected chi connectivity index (χ3v) is 4.13. The largest absolute Gasteiger partial charge is 0.433 e. The number of amides is 1. The summed E-state index contributed by atoms with van der Waals surface area (Å²) in [6, 6.07) is 1.63. The van der Waals surface area contributed by atoms with Crippen molar-refractivity contribution in [2.24, 2.45) is 7.05 Å². The molecule has 0 atom stereocenters. The first-order valence-electron chi connectivity index (χ1n) is 7.73. The summed E-state index contributed by atoms with van der Waals surface area (Å²) in [5.74, 6) is -0.438. The maximum Gasteiger partial charge on any atom is 0.433 e. The number of morpholine rings is 1. The van der Waals surface area contributed by atoms with Crippen LogP contribution in [0.5, 0.6) is 0 Å². The van der Waals surface area contributed by atoms with Gasteiger partial charge in [0.1, 0.15) is 17.9 Å². The Labute approximate surface area is 144 Å². The van der Waals surface area contributed by atoms with Crippen LogP contribution in [0.1, 0.15) is 5.69 Å². The molecule has 0 aliphatic carbocycles. The van der Waals surface area contributed by atoms with E-state index >= 15 is 0 Å². The number of carbonyl (C=O) groups excluding carboxylic acids is 1. The van der Waals surface area contributed by atoms with Gasteiger partial charge >= 0.3 is 11.9 Å². The fourth-order valence-corrected chi connectivity index (χ4v) is 2.72. The molecule has 1 amide bonds. The zero-order chi connectivity index (χ0) is 19.1. The van der Waals surface area contributed by atoms with Crippen molar-refractivity contribution in [3.63, 3.8) is 0 Å². The Balaban J connectivity index is 2.06. The quantitative estimate of drug-likeness (QED) is 0.739. The number of rotatable bonds is 2. The molecule has 0 aromatic carbocycles.